The predicted molar refractivity (Wildman–Crippen MR) is 98.5 cm³/mol. The van der Waals surface area contributed by atoms with Crippen LogP contribution in [-0.4, -0.2) is 52.3 Å². The number of carbonyl (C=O) groups is 1. The molecule has 1 aliphatic rings. The maximum Gasteiger partial charge on any atom is 0.277 e. The van der Waals surface area contributed by atoms with Gasteiger partial charge in [-0.3, -0.25) is 9.69 Å². The van der Waals surface area contributed by atoms with E-state index in [2.05, 4.69) is 24.9 Å². The SMILES string of the molecule is O=C(NC/C=C\COc1cc(CN2CCCCC2)ccn1)c1nocc1O. The minimum atomic E-state index is -0.501. The summed E-state index contributed by atoms with van der Waals surface area (Å²) in [6.45, 7) is 3.87. The normalized spacial score (nSPS) is 15.1. The van der Waals surface area contributed by atoms with Gasteiger partial charge in [0.25, 0.3) is 5.91 Å². The molecule has 1 fully saturated rings. The summed E-state index contributed by atoms with van der Waals surface area (Å²) in [6.07, 6.45) is 10.2. The van der Waals surface area contributed by atoms with E-state index in [0.29, 0.717) is 12.5 Å². The lowest BCUT2D eigenvalue weighted by atomic mass is 10.1. The topological polar surface area (TPSA) is 101 Å². The van der Waals surface area contributed by atoms with Gasteiger partial charge in [0, 0.05) is 25.4 Å². The smallest absolute Gasteiger partial charge is 0.277 e. The van der Waals surface area contributed by atoms with Crippen molar-refractivity contribution in [1.29, 1.82) is 0 Å². The molecule has 1 saturated heterocycles. The van der Waals surface area contributed by atoms with Crippen molar-refractivity contribution in [2.24, 2.45) is 0 Å². The summed E-state index contributed by atoms with van der Waals surface area (Å²) in [5, 5.41) is 15.4. The van der Waals surface area contributed by atoms with E-state index in [0.717, 1.165) is 25.9 Å². The Morgan fingerprint density at radius 2 is 2.19 bits per heavy atom. The third-order valence-electron chi connectivity index (χ3n) is 4.29. The molecule has 0 atom stereocenters. The molecule has 1 amide bonds. The van der Waals surface area contributed by atoms with E-state index in [4.69, 9.17) is 4.74 Å². The minimum absolute atomic E-state index is 0.130. The highest BCUT2D eigenvalue weighted by Crippen LogP contribution is 2.16. The maximum atomic E-state index is 11.7. The first kappa shape index (κ1) is 18.9. The number of carbonyl (C=O) groups excluding carboxylic acids is 1. The van der Waals surface area contributed by atoms with E-state index in [1.165, 1.54) is 24.8 Å². The Bertz CT molecular complexity index is 769. The van der Waals surface area contributed by atoms with E-state index in [1.54, 1.807) is 18.3 Å². The summed E-state index contributed by atoms with van der Waals surface area (Å²) in [7, 11) is 0. The molecular weight excluding hydrogens is 348 g/mol. The molecule has 27 heavy (non-hydrogen) atoms. The molecule has 8 heteroatoms. The van der Waals surface area contributed by atoms with Gasteiger partial charge >= 0.3 is 0 Å². The molecule has 2 aromatic rings. The Kier molecular flexibility index (Phi) is 6.81. The van der Waals surface area contributed by atoms with Gasteiger partial charge in [0.15, 0.2) is 12.0 Å². The number of aromatic hydroxyl groups is 1. The quantitative estimate of drug-likeness (QED) is 0.685. The second-order valence-electron chi connectivity index (χ2n) is 6.38. The first-order valence-electron chi connectivity index (χ1n) is 9.09. The van der Waals surface area contributed by atoms with Crippen LogP contribution < -0.4 is 10.1 Å². The largest absolute Gasteiger partial charge is 0.503 e. The molecule has 0 spiro atoms. The number of aromatic nitrogens is 2. The van der Waals surface area contributed by atoms with Crippen LogP contribution in [0.5, 0.6) is 11.6 Å². The van der Waals surface area contributed by atoms with E-state index in [1.807, 2.05) is 12.1 Å². The van der Waals surface area contributed by atoms with Gasteiger partial charge < -0.3 is 19.7 Å². The van der Waals surface area contributed by atoms with Crippen molar-refractivity contribution >= 4 is 5.91 Å². The fraction of sp³-hybridized carbons (Fsp3) is 0.421. The molecule has 2 N–H and O–H groups in total. The van der Waals surface area contributed by atoms with Crippen LogP contribution in [0.4, 0.5) is 0 Å². The number of pyridine rings is 1. The number of hydrogen-bond donors (Lipinski definition) is 2. The zero-order valence-electron chi connectivity index (χ0n) is 15.1. The van der Waals surface area contributed by atoms with Crippen molar-refractivity contribution in [2.75, 3.05) is 26.2 Å². The summed E-state index contributed by atoms with van der Waals surface area (Å²) < 4.78 is 10.1. The second kappa shape index (κ2) is 9.72. The zero-order valence-corrected chi connectivity index (χ0v) is 15.1. The number of amides is 1. The van der Waals surface area contributed by atoms with Crippen molar-refractivity contribution in [3.63, 3.8) is 0 Å². The molecular formula is C19H24N4O4. The van der Waals surface area contributed by atoms with Crippen LogP contribution in [0.2, 0.25) is 0 Å². The standard InChI is InChI=1S/C19H24N4O4/c24-16-14-27-22-18(16)19(25)21-7-2-5-11-26-17-12-15(6-8-20-17)13-23-9-3-1-4-10-23/h2,5-6,8,12,14,24H,1,3-4,7,9-11,13H2,(H,21,25)/b5-2-. The molecule has 0 radical (unpaired) electrons. The maximum absolute atomic E-state index is 11.7. The summed E-state index contributed by atoms with van der Waals surface area (Å²) in [5.41, 5.74) is 1.07. The Morgan fingerprint density at radius 3 is 2.96 bits per heavy atom. The van der Waals surface area contributed by atoms with Gasteiger partial charge in [-0.2, -0.15) is 0 Å². The van der Waals surface area contributed by atoms with Crippen LogP contribution in [-0.2, 0) is 6.54 Å². The molecule has 8 nitrogen and oxygen atoms in total. The number of nitrogens with one attached hydrogen (secondary N) is 1. The van der Waals surface area contributed by atoms with E-state index < -0.39 is 5.91 Å². The minimum Gasteiger partial charge on any atom is -0.503 e. The van der Waals surface area contributed by atoms with Gasteiger partial charge in [0.05, 0.1) is 0 Å². The van der Waals surface area contributed by atoms with Crippen LogP contribution in [0.15, 0.2) is 41.3 Å². The molecule has 0 aromatic carbocycles. The van der Waals surface area contributed by atoms with Crippen LogP contribution in [0, 0.1) is 0 Å². The lowest BCUT2D eigenvalue weighted by Gasteiger charge is -2.26. The first-order chi connectivity index (χ1) is 13.2. The van der Waals surface area contributed by atoms with E-state index >= 15 is 0 Å². The van der Waals surface area contributed by atoms with Crippen molar-refractivity contribution in [3.05, 3.63) is 48.0 Å². The molecule has 0 bridgehead atoms. The van der Waals surface area contributed by atoms with Gasteiger partial charge in [-0.25, -0.2) is 4.98 Å². The van der Waals surface area contributed by atoms with Crippen molar-refractivity contribution in [1.82, 2.24) is 20.4 Å². The summed E-state index contributed by atoms with van der Waals surface area (Å²) in [6, 6.07) is 3.99. The highest BCUT2D eigenvalue weighted by Gasteiger charge is 2.14. The van der Waals surface area contributed by atoms with E-state index in [-0.39, 0.29) is 18.0 Å². The average Bonchev–Trinajstić information content (AvgIpc) is 3.11. The number of likely N-dealkylation sites (tertiary alicyclic amines) is 1. The first-order valence-corrected chi connectivity index (χ1v) is 9.09. The van der Waals surface area contributed by atoms with Gasteiger partial charge in [-0.05, 0) is 43.6 Å². The number of hydrogen-bond acceptors (Lipinski definition) is 7. The van der Waals surface area contributed by atoms with Crippen molar-refractivity contribution in [2.45, 2.75) is 25.8 Å². The van der Waals surface area contributed by atoms with Crippen LogP contribution in [0.25, 0.3) is 0 Å². The molecule has 144 valence electrons. The summed E-state index contributed by atoms with van der Waals surface area (Å²) >= 11 is 0. The van der Waals surface area contributed by atoms with E-state index in [9.17, 15) is 9.90 Å². The third kappa shape index (κ3) is 5.82. The van der Waals surface area contributed by atoms with Crippen molar-refractivity contribution < 1.29 is 19.2 Å². The molecule has 2 aromatic heterocycles. The van der Waals surface area contributed by atoms with Crippen LogP contribution >= 0.6 is 0 Å². The Balaban J connectivity index is 1.38. The lowest BCUT2D eigenvalue weighted by molar-refractivity contribution is 0.0946. The molecule has 0 unspecified atom stereocenters. The van der Waals surface area contributed by atoms with Crippen LogP contribution in [0.1, 0.15) is 35.3 Å². The molecule has 3 rings (SSSR count). The van der Waals surface area contributed by atoms with Gasteiger partial charge in [-0.15, -0.1) is 0 Å². The second-order valence-corrected chi connectivity index (χ2v) is 6.38. The Morgan fingerprint density at radius 1 is 1.33 bits per heavy atom. The highest BCUT2D eigenvalue weighted by molar-refractivity contribution is 5.94. The third-order valence-corrected chi connectivity index (χ3v) is 4.29. The van der Waals surface area contributed by atoms with Gasteiger partial charge in [0.2, 0.25) is 11.6 Å². The number of piperidine rings is 1. The fourth-order valence-electron chi connectivity index (χ4n) is 2.91. The Hall–Kier alpha value is -2.87. The van der Waals surface area contributed by atoms with Gasteiger partial charge in [-0.1, -0.05) is 17.7 Å². The zero-order chi connectivity index (χ0) is 18.9. The molecule has 3 heterocycles. The Labute approximate surface area is 157 Å². The fourth-order valence-corrected chi connectivity index (χ4v) is 2.91. The summed E-state index contributed by atoms with van der Waals surface area (Å²) in [4.78, 5) is 18.4. The molecule has 0 saturated carbocycles. The molecule has 0 aliphatic carbocycles. The van der Waals surface area contributed by atoms with Crippen LogP contribution in [0.3, 0.4) is 0 Å². The monoisotopic (exact) mass is 372 g/mol. The number of rotatable bonds is 8. The number of ether oxygens (including phenoxy) is 1. The van der Waals surface area contributed by atoms with Gasteiger partial charge in [0.1, 0.15) is 6.61 Å². The lowest BCUT2D eigenvalue weighted by Crippen LogP contribution is -2.29. The average molecular weight is 372 g/mol. The summed E-state index contributed by atoms with van der Waals surface area (Å²) in [5.74, 6) is -0.195. The predicted octanol–water partition coefficient (Wildman–Crippen LogP) is 2.13. The molecule has 1 aliphatic heterocycles. The number of nitrogens with zero attached hydrogens (tertiary/aromatic N) is 3. The van der Waals surface area contributed by atoms with Crippen molar-refractivity contribution in [3.8, 4) is 11.6 Å². The highest BCUT2D eigenvalue weighted by atomic mass is 16.5.